The summed E-state index contributed by atoms with van der Waals surface area (Å²) in [6.07, 6.45) is 12.0. The van der Waals surface area contributed by atoms with E-state index in [-0.39, 0.29) is 0 Å². The maximum Gasteiger partial charge on any atom is 0.0466 e. The first-order valence-electron chi connectivity index (χ1n) is 6.36. The van der Waals surface area contributed by atoms with E-state index in [9.17, 15) is 0 Å². The van der Waals surface area contributed by atoms with E-state index in [1.54, 1.807) is 0 Å². The van der Waals surface area contributed by atoms with Crippen molar-refractivity contribution in [1.29, 1.82) is 0 Å². The SMILES string of the molecule is C=CC(C=C)CCCOCCCC(C=C)C=C. The molecule has 17 heavy (non-hydrogen) atoms. The highest BCUT2D eigenvalue weighted by Crippen LogP contribution is 2.10. The third-order valence-electron chi connectivity index (χ3n) is 2.86. The van der Waals surface area contributed by atoms with Crippen LogP contribution in [0.25, 0.3) is 0 Å². The standard InChI is InChI=1S/C16H26O/c1-5-15(6-2)11-9-13-17-14-10-12-16(7-3)8-4/h5-8,15-16H,1-4,9-14H2. The van der Waals surface area contributed by atoms with Crippen molar-refractivity contribution in [1.82, 2.24) is 0 Å². The predicted molar refractivity (Wildman–Crippen MR) is 77.1 cm³/mol. The minimum Gasteiger partial charge on any atom is -0.381 e. The van der Waals surface area contributed by atoms with Crippen molar-refractivity contribution in [2.75, 3.05) is 13.2 Å². The lowest BCUT2D eigenvalue weighted by Crippen LogP contribution is -2.01. The third-order valence-corrected chi connectivity index (χ3v) is 2.86. The molecule has 0 saturated heterocycles. The molecule has 0 rings (SSSR count). The molecule has 0 aliphatic heterocycles. The van der Waals surface area contributed by atoms with E-state index < -0.39 is 0 Å². The lowest BCUT2D eigenvalue weighted by molar-refractivity contribution is 0.124. The number of rotatable bonds is 12. The molecule has 1 nitrogen and oxygen atoms in total. The molecule has 0 aliphatic rings. The normalized spacial score (nSPS) is 10.5. The summed E-state index contributed by atoms with van der Waals surface area (Å²) in [6.45, 7) is 16.7. The van der Waals surface area contributed by atoms with E-state index in [4.69, 9.17) is 4.74 Å². The van der Waals surface area contributed by atoms with Crippen molar-refractivity contribution in [3.63, 3.8) is 0 Å². The first kappa shape index (κ1) is 15.9. The van der Waals surface area contributed by atoms with E-state index in [1.165, 1.54) is 0 Å². The van der Waals surface area contributed by atoms with Crippen LogP contribution in [0.1, 0.15) is 25.7 Å². The van der Waals surface area contributed by atoms with Crippen LogP contribution < -0.4 is 0 Å². The Kier molecular flexibility index (Phi) is 10.7. The summed E-state index contributed by atoms with van der Waals surface area (Å²) in [5.74, 6) is 0.842. The van der Waals surface area contributed by atoms with Crippen LogP contribution in [0, 0.1) is 11.8 Å². The topological polar surface area (TPSA) is 9.23 Å². The van der Waals surface area contributed by atoms with Crippen molar-refractivity contribution in [2.45, 2.75) is 25.7 Å². The first-order chi connectivity index (χ1) is 8.28. The summed E-state index contributed by atoms with van der Waals surface area (Å²) in [7, 11) is 0. The van der Waals surface area contributed by atoms with Crippen molar-refractivity contribution < 1.29 is 4.74 Å². The lowest BCUT2D eigenvalue weighted by atomic mass is 10.0. The number of hydrogen-bond acceptors (Lipinski definition) is 1. The van der Waals surface area contributed by atoms with Gasteiger partial charge in [0, 0.05) is 13.2 Å². The average molecular weight is 234 g/mol. The number of allylic oxidation sites excluding steroid dienone is 4. The Hall–Kier alpha value is -1.08. The van der Waals surface area contributed by atoms with Gasteiger partial charge in [0.2, 0.25) is 0 Å². The summed E-state index contributed by atoms with van der Waals surface area (Å²) < 4.78 is 5.58. The highest BCUT2D eigenvalue weighted by atomic mass is 16.5. The van der Waals surface area contributed by atoms with E-state index in [0.29, 0.717) is 11.8 Å². The zero-order chi connectivity index (χ0) is 12.9. The zero-order valence-corrected chi connectivity index (χ0v) is 10.9. The first-order valence-corrected chi connectivity index (χ1v) is 6.36. The largest absolute Gasteiger partial charge is 0.381 e. The van der Waals surface area contributed by atoms with Gasteiger partial charge in [-0.15, -0.1) is 26.3 Å². The highest BCUT2D eigenvalue weighted by Gasteiger charge is 2.00. The van der Waals surface area contributed by atoms with Crippen molar-refractivity contribution in [3.8, 4) is 0 Å². The summed E-state index contributed by atoms with van der Waals surface area (Å²) in [6, 6.07) is 0. The van der Waals surface area contributed by atoms with Gasteiger partial charge in [0.1, 0.15) is 0 Å². The van der Waals surface area contributed by atoms with Gasteiger partial charge in [0.25, 0.3) is 0 Å². The van der Waals surface area contributed by atoms with Crippen LogP contribution >= 0.6 is 0 Å². The van der Waals surface area contributed by atoms with Crippen molar-refractivity contribution in [3.05, 3.63) is 50.6 Å². The Morgan fingerprint density at radius 3 is 1.35 bits per heavy atom. The molecular formula is C16H26O. The fraction of sp³-hybridized carbons (Fsp3) is 0.500. The lowest BCUT2D eigenvalue weighted by Gasteiger charge is -2.09. The molecule has 0 fully saturated rings. The molecule has 0 aromatic heterocycles. The number of ether oxygens (including phenoxy) is 1. The monoisotopic (exact) mass is 234 g/mol. The summed E-state index contributed by atoms with van der Waals surface area (Å²) in [5, 5.41) is 0. The Labute approximate surface area is 107 Å². The van der Waals surface area contributed by atoms with E-state index in [1.807, 2.05) is 24.3 Å². The van der Waals surface area contributed by atoms with Crippen molar-refractivity contribution >= 4 is 0 Å². The molecule has 0 radical (unpaired) electrons. The summed E-state index contributed by atoms with van der Waals surface area (Å²) in [4.78, 5) is 0. The second kappa shape index (κ2) is 11.4. The molecule has 96 valence electrons. The molecule has 0 atom stereocenters. The van der Waals surface area contributed by atoms with E-state index in [0.717, 1.165) is 38.9 Å². The predicted octanol–water partition coefficient (Wildman–Crippen LogP) is 4.54. The Balaban J connectivity index is 3.34. The van der Waals surface area contributed by atoms with Gasteiger partial charge >= 0.3 is 0 Å². The average Bonchev–Trinajstić information content (AvgIpc) is 2.37. The van der Waals surface area contributed by atoms with Gasteiger partial charge in [-0.1, -0.05) is 24.3 Å². The quantitative estimate of drug-likeness (QED) is 0.356. The minimum absolute atomic E-state index is 0.421. The van der Waals surface area contributed by atoms with Crippen LogP contribution in [0.4, 0.5) is 0 Å². The van der Waals surface area contributed by atoms with Crippen LogP contribution in [0.5, 0.6) is 0 Å². The summed E-state index contributed by atoms with van der Waals surface area (Å²) >= 11 is 0. The molecule has 0 bridgehead atoms. The minimum atomic E-state index is 0.421. The molecule has 0 saturated carbocycles. The van der Waals surface area contributed by atoms with Gasteiger partial charge in [0.15, 0.2) is 0 Å². The molecule has 0 aromatic rings. The number of hydrogen-bond donors (Lipinski definition) is 0. The molecule has 0 heterocycles. The van der Waals surface area contributed by atoms with Crippen LogP contribution in [-0.4, -0.2) is 13.2 Å². The van der Waals surface area contributed by atoms with Crippen LogP contribution in [0.15, 0.2) is 50.6 Å². The molecule has 0 amide bonds. The molecule has 0 aliphatic carbocycles. The Morgan fingerprint density at radius 1 is 0.706 bits per heavy atom. The second-order valence-corrected chi connectivity index (χ2v) is 4.17. The molecule has 0 aromatic carbocycles. The highest BCUT2D eigenvalue weighted by molar-refractivity contribution is 4.92. The smallest absolute Gasteiger partial charge is 0.0466 e. The molecule has 0 spiro atoms. The fourth-order valence-electron chi connectivity index (χ4n) is 1.61. The van der Waals surface area contributed by atoms with Gasteiger partial charge in [-0.2, -0.15) is 0 Å². The van der Waals surface area contributed by atoms with Crippen LogP contribution in [0.3, 0.4) is 0 Å². The van der Waals surface area contributed by atoms with Gasteiger partial charge in [-0.3, -0.25) is 0 Å². The zero-order valence-electron chi connectivity index (χ0n) is 10.9. The van der Waals surface area contributed by atoms with Crippen LogP contribution in [0.2, 0.25) is 0 Å². The maximum absolute atomic E-state index is 5.58. The van der Waals surface area contributed by atoms with Crippen LogP contribution in [-0.2, 0) is 4.74 Å². The van der Waals surface area contributed by atoms with Gasteiger partial charge in [0.05, 0.1) is 0 Å². The molecular weight excluding hydrogens is 208 g/mol. The van der Waals surface area contributed by atoms with E-state index >= 15 is 0 Å². The molecule has 1 heteroatoms. The fourth-order valence-corrected chi connectivity index (χ4v) is 1.61. The molecule has 0 N–H and O–H groups in total. The van der Waals surface area contributed by atoms with Gasteiger partial charge in [-0.25, -0.2) is 0 Å². The Morgan fingerprint density at radius 2 is 1.06 bits per heavy atom. The third kappa shape index (κ3) is 8.70. The summed E-state index contributed by atoms with van der Waals surface area (Å²) in [5.41, 5.74) is 0. The Bertz CT molecular complexity index is 190. The van der Waals surface area contributed by atoms with Crippen molar-refractivity contribution in [2.24, 2.45) is 11.8 Å². The van der Waals surface area contributed by atoms with Gasteiger partial charge < -0.3 is 4.74 Å². The maximum atomic E-state index is 5.58. The molecule has 0 unspecified atom stereocenters. The van der Waals surface area contributed by atoms with E-state index in [2.05, 4.69) is 26.3 Å². The second-order valence-electron chi connectivity index (χ2n) is 4.17. The van der Waals surface area contributed by atoms with Gasteiger partial charge in [-0.05, 0) is 37.5 Å².